The number of halogens is 1. The second kappa shape index (κ2) is 8.63. The van der Waals surface area contributed by atoms with Crippen molar-refractivity contribution in [3.63, 3.8) is 0 Å². The maximum absolute atomic E-state index is 12.9. The minimum atomic E-state index is -0.0352. The third kappa shape index (κ3) is 3.65. The first kappa shape index (κ1) is 23.6. The summed E-state index contributed by atoms with van der Waals surface area (Å²) in [6, 6.07) is 7.10. The molecular formula is C30H33ClN4O. The van der Waals surface area contributed by atoms with Crippen LogP contribution in [-0.4, -0.2) is 21.5 Å². The molecule has 36 heavy (non-hydrogen) atoms. The Labute approximate surface area is 218 Å². The quantitative estimate of drug-likeness (QED) is 0.355. The molecular weight excluding hydrogens is 468 g/mol. The molecule has 6 rings (SSSR count). The van der Waals surface area contributed by atoms with Gasteiger partial charge in [-0.3, -0.25) is 4.79 Å². The molecule has 6 heteroatoms. The van der Waals surface area contributed by atoms with Crippen molar-refractivity contribution in [2.24, 2.45) is 28.6 Å². The summed E-state index contributed by atoms with van der Waals surface area (Å²) in [7, 11) is 0. The number of fused-ring (bicyclic) bond motifs is 5. The number of rotatable bonds is 3. The van der Waals surface area contributed by atoms with Crippen LogP contribution in [0.15, 0.2) is 54.5 Å². The number of allylic oxidation sites excluding steroid dienone is 3. The van der Waals surface area contributed by atoms with Crippen LogP contribution in [0.25, 0.3) is 10.5 Å². The van der Waals surface area contributed by atoms with Gasteiger partial charge in [0, 0.05) is 28.9 Å². The lowest BCUT2D eigenvalue weighted by molar-refractivity contribution is -0.0137. The Morgan fingerprint density at radius 1 is 1.11 bits per heavy atom. The van der Waals surface area contributed by atoms with Gasteiger partial charge in [0.15, 0.2) is 5.69 Å². The van der Waals surface area contributed by atoms with Crippen LogP contribution in [0.2, 0.25) is 5.15 Å². The molecule has 0 bridgehead atoms. The van der Waals surface area contributed by atoms with E-state index >= 15 is 0 Å². The van der Waals surface area contributed by atoms with Crippen LogP contribution in [0, 0.1) is 35.2 Å². The molecule has 4 aliphatic rings. The maximum atomic E-state index is 12.9. The molecule has 0 spiro atoms. The zero-order valence-electron chi connectivity index (χ0n) is 21.0. The Morgan fingerprint density at radius 3 is 2.61 bits per heavy atom. The van der Waals surface area contributed by atoms with Gasteiger partial charge in [0.2, 0.25) is 0 Å². The second-order valence-corrected chi connectivity index (χ2v) is 12.1. The van der Waals surface area contributed by atoms with Crippen molar-refractivity contribution in [3.05, 3.63) is 76.6 Å². The molecule has 1 heterocycles. The molecule has 6 atom stereocenters. The van der Waals surface area contributed by atoms with Gasteiger partial charge in [-0.1, -0.05) is 67.4 Å². The van der Waals surface area contributed by atoms with Crippen molar-refractivity contribution in [2.75, 3.05) is 0 Å². The van der Waals surface area contributed by atoms with Crippen molar-refractivity contribution < 1.29 is 4.79 Å². The molecule has 1 amide bonds. The first-order valence-electron chi connectivity index (χ1n) is 13.2. The minimum Gasteiger partial charge on any atom is -0.349 e. The zero-order valence-corrected chi connectivity index (χ0v) is 21.8. The monoisotopic (exact) mass is 500 g/mol. The van der Waals surface area contributed by atoms with E-state index in [1.807, 2.05) is 12.5 Å². The Balaban J connectivity index is 1.17. The van der Waals surface area contributed by atoms with Crippen molar-refractivity contribution in [1.82, 2.24) is 14.9 Å². The number of benzene rings is 1. The van der Waals surface area contributed by atoms with Gasteiger partial charge in [0.05, 0.1) is 6.57 Å². The summed E-state index contributed by atoms with van der Waals surface area (Å²) in [5.74, 6) is 2.01. The Hall–Kier alpha value is -2.84. The first-order chi connectivity index (χ1) is 17.3. The molecule has 0 radical (unpaired) electrons. The van der Waals surface area contributed by atoms with Gasteiger partial charge in [0.1, 0.15) is 11.5 Å². The van der Waals surface area contributed by atoms with E-state index < -0.39 is 0 Å². The average Bonchev–Trinajstić information content (AvgIpc) is 3.46. The standard InChI is InChI=1S/C30H33ClN4O/c1-29-14-12-22(34-28(36)19-4-7-21(32-3)8-5-19)16-20(29)6-9-23-24-10-11-26(35-17-27(31)33-18-35)30(24,2)15-13-25(23)29/h4-8,11,17-18,22-25H,9-10,12-16H2,1-2H3,(H,34,36)/t22-,23?,24?,25?,29-,30-/m0/s1. The predicted molar refractivity (Wildman–Crippen MR) is 143 cm³/mol. The lowest BCUT2D eigenvalue weighted by Gasteiger charge is -2.58. The largest absolute Gasteiger partial charge is 0.349 e. The molecule has 1 aromatic carbocycles. The van der Waals surface area contributed by atoms with Gasteiger partial charge >= 0.3 is 0 Å². The van der Waals surface area contributed by atoms with Crippen LogP contribution in [0.5, 0.6) is 0 Å². The van der Waals surface area contributed by atoms with Gasteiger partial charge in [0.25, 0.3) is 5.91 Å². The molecule has 2 saturated carbocycles. The number of imidazole rings is 1. The van der Waals surface area contributed by atoms with Crippen LogP contribution in [0.1, 0.15) is 69.2 Å². The third-order valence-corrected chi connectivity index (χ3v) is 10.3. The number of carbonyl (C=O) groups excluding carboxylic acids is 1. The molecule has 1 N–H and O–H groups in total. The summed E-state index contributed by atoms with van der Waals surface area (Å²) in [4.78, 5) is 20.5. The highest BCUT2D eigenvalue weighted by atomic mass is 35.5. The maximum Gasteiger partial charge on any atom is 0.251 e. The highest BCUT2D eigenvalue weighted by Crippen LogP contribution is 2.65. The molecule has 0 saturated heterocycles. The van der Waals surface area contributed by atoms with E-state index in [0.717, 1.165) is 32.1 Å². The molecule has 0 aliphatic heterocycles. The van der Waals surface area contributed by atoms with Crippen molar-refractivity contribution >= 4 is 28.9 Å². The van der Waals surface area contributed by atoms with Gasteiger partial charge in [-0.25, -0.2) is 9.83 Å². The van der Waals surface area contributed by atoms with Crippen molar-refractivity contribution in [1.29, 1.82) is 0 Å². The molecule has 3 unspecified atom stereocenters. The SMILES string of the molecule is [C-]#[N+]c1ccc(C(=O)N[C@H]2CC[C@@]3(C)C(=CCC4C3CC[C@]3(C)C(n5cnc(Cl)c5)=CCC43)C2)cc1. The Morgan fingerprint density at radius 2 is 1.89 bits per heavy atom. The Bertz CT molecular complexity index is 1300. The smallest absolute Gasteiger partial charge is 0.251 e. The van der Waals surface area contributed by atoms with Crippen LogP contribution in [0.4, 0.5) is 5.69 Å². The van der Waals surface area contributed by atoms with Crippen LogP contribution in [0.3, 0.4) is 0 Å². The topological polar surface area (TPSA) is 51.3 Å². The second-order valence-electron chi connectivity index (χ2n) is 11.7. The third-order valence-electron chi connectivity index (χ3n) is 10.1. The van der Waals surface area contributed by atoms with E-state index in [1.54, 1.807) is 29.8 Å². The predicted octanol–water partition coefficient (Wildman–Crippen LogP) is 7.30. The average molecular weight is 501 g/mol. The zero-order chi connectivity index (χ0) is 25.1. The lowest BCUT2D eigenvalue weighted by Crippen LogP contribution is -2.51. The van der Waals surface area contributed by atoms with E-state index in [2.05, 4.69) is 45.7 Å². The van der Waals surface area contributed by atoms with Crippen LogP contribution in [-0.2, 0) is 0 Å². The van der Waals surface area contributed by atoms with Gasteiger partial charge < -0.3 is 9.88 Å². The number of hydrogen-bond acceptors (Lipinski definition) is 2. The van der Waals surface area contributed by atoms with Gasteiger partial charge in [-0.2, -0.15) is 0 Å². The van der Waals surface area contributed by atoms with E-state index in [-0.39, 0.29) is 22.8 Å². The number of nitrogens with zero attached hydrogens (tertiary/aromatic N) is 3. The highest BCUT2D eigenvalue weighted by molar-refractivity contribution is 6.29. The number of nitrogens with one attached hydrogen (secondary N) is 1. The molecule has 186 valence electrons. The fraction of sp³-hybridized carbons (Fsp3) is 0.500. The minimum absolute atomic E-state index is 0.0352. The molecule has 5 nitrogen and oxygen atoms in total. The van der Waals surface area contributed by atoms with E-state index in [9.17, 15) is 4.79 Å². The fourth-order valence-electron chi connectivity index (χ4n) is 8.12. The van der Waals surface area contributed by atoms with E-state index in [4.69, 9.17) is 18.2 Å². The van der Waals surface area contributed by atoms with Gasteiger partial charge in [-0.15, -0.1) is 0 Å². The summed E-state index contributed by atoms with van der Waals surface area (Å²) in [6.45, 7) is 12.1. The Kier molecular flexibility index (Phi) is 5.64. The summed E-state index contributed by atoms with van der Waals surface area (Å²) in [5.41, 5.74) is 4.51. The first-order valence-corrected chi connectivity index (χ1v) is 13.6. The summed E-state index contributed by atoms with van der Waals surface area (Å²) in [5, 5.41) is 3.83. The van der Waals surface area contributed by atoms with E-state index in [1.165, 1.54) is 18.5 Å². The number of aromatic nitrogens is 2. The molecule has 2 aromatic rings. The van der Waals surface area contributed by atoms with Crippen LogP contribution >= 0.6 is 11.6 Å². The number of carbonyl (C=O) groups is 1. The van der Waals surface area contributed by atoms with Crippen LogP contribution < -0.4 is 5.32 Å². The summed E-state index contributed by atoms with van der Waals surface area (Å²) >= 11 is 6.15. The number of hydrogen-bond donors (Lipinski definition) is 1. The fourth-order valence-corrected chi connectivity index (χ4v) is 8.26. The molecule has 1 aromatic heterocycles. The lowest BCUT2D eigenvalue weighted by atomic mass is 9.47. The normalized spacial score (nSPS) is 34.9. The van der Waals surface area contributed by atoms with Crippen molar-refractivity contribution in [3.8, 4) is 0 Å². The highest BCUT2D eigenvalue weighted by Gasteiger charge is 2.57. The molecule has 4 aliphatic carbocycles. The number of amides is 1. The van der Waals surface area contributed by atoms with Crippen molar-refractivity contribution in [2.45, 2.75) is 64.8 Å². The summed E-state index contributed by atoms with van der Waals surface area (Å²) < 4.78 is 2.15. The summed E-state index contributed by atoms with van der Waals surface area (Å²) in [6.07, 6.45) is 16.6. The van der Waals surface area contributed by atoms with E-state index in [0.29, 0.717) is 34.2 Å². The molecule has 2 fully saturated rings. The van der Waals surface area contributed by atoms with Gasteiger partial charge in [-0.05, 0) is 68.1 Å².